The third-order valence-electron chi connectivity index (χ3n) is 3.02. The molecule has 0 saturated heterocycles. The van der Waals surface area contributed by atoms with Crippen LogP contribution in [0, 0.1) is 3.70 Å². The number of carboxylic acid groups (broad SMARTS) is 1. The van der Waals surface area contributed by atoms with E-state index in [1.165, 1.54) is 6.07 Å². The Morgan fingerprint density at radius 2 is 2.00 bits per heavy atom. The van der Waals surface area contributed by atoms with Crippen molar-refractivity contribution in [3.8, 4) is 5.75 Å². The van der Waals surface area contributed by atoms with Gasteiger partial charge < -0.3 is 9.84 Å². The van der Waals surface area contributed by atoms with Gasteiger partial charge in [0.15, 0.2) is 0 Å². The molecular weight excluding hydrogens is 383 g/mol. The van der Waals surface area contributed by atoms with E-state index in [0.717, 1.165) is 15.0 Å². The molecular formula is C15H11IN2O3. The van der Waals surface area contributed by atoms with Crippen LogP contribution in [0.5, 0.6) is 5.75 Å². The molecule has 0 amide bonds. The lowest BCUT2D eigenvalue weighted by Crippen LogP contribution is -2.04. The summed E-state index contributed by atoms with van der Waals surface area (Å²) < 4.78 is 8.55. The molecule has 0 fully saturated rings. The van der Waals surface area contributed by atoms with Crippen molar-refractivity contribution in [1.82, 2.24) is 9.38 Å². The number of nitrogens with zero attached hydrogens (tertiary/aromatic N) is 2. The zero-order chi connectivity index (χ0) is 14.8. The number of aromatic carboxylic acids is 1. The van der Waals surface area contributed by atoms with Gasteiger partial charge in [0, 0.05) is 6.20 Å². The molecule has 6 heteroatoms. The predicted octanol–water partition coefficient (Wildman–Crippen LogP) is 3.22. The molecule has 0 aliphatic heterocycles. The number of ether oxygens (including phenoxy) is 1. The van der Waals surface area contributed by atoms with Crippen LogP contribution in [-0.4, -0.2) is 20.5 Å². The maximum atomic E-state index is 11.1. The van der Waals surface area contributed by atoms with Crippen LogP contribution in [0.25, 0.3) is 5.65 Å². The smallest absolute Gasteiger partial charge is 0.339 e. The van der Waals surface area contributed by atoms with Gasteiger partial charge in [-0.2, -0.15) is 0 Å². The number of pyridine rings is 1. The minimum Gasteiger partial charge on any atom is -0.486 e. The third-order valence-corrected chi connectivity index (χ3v) is 4.16. The van der Waals surface area contributed by atoms with E-state index in [-0.39, 0.29) is 12.2 Å². The van der Waals surface area contributed by atoms with E-state index in [1.54, 1.807) is 18.2 Å². The van der Waals surface area contributed by atoms with E-state index in [9.17, 15) is 4.79 Å². The monoisotopic (exact) mass is 394 g/mol. The standard InChI is InChI=1S/C15H11IN2O3/c16-14-11(17-13-7-3-4-8-18(13)14)9-21-12-6-2-1-5-10(12)15(19)20/h1-8H,9H2,(H,19,20). The predicted molar refractivity (Wildman–Crippen MR) is 85.6 cm³/mol. The SMILES string of the molecule is O=C(O)c1ccccc1OCc1nc2ccccn2c1I. The number of aromatic nitrogens is 2. The average Bonchev–Trinajstić information content (AvgIpc) is 2.82. The Kier molecular flexibility index (Phi) is 3.78. The largest absolute Gasteiger partial charge is 0.486 e. The first-order valence-corrected chi connectivity index (χ1v) is 7.31. The molecule has 5 nitrogen and oxygen atoms in total. The van der Waals surface area contributed by atoms with Gasteiger partial charge in [-0.15, -0.1) is 0 Å². The lowest BCUT2D eigenvalue weighted by Gasteiger charge is -2.07. The Morgan fingerprint density at radius 1 is 1.24 bits per heavy atom. The van der Waals surface area contributed by atoms with Gasteiger partial charge in [-0.05, 0) is 46.9 Å². The van der Waals surface area contributed by atoms with Crippen LogP contribution in [0.15, 0.2) is 48.7 Å². The van der Waals surface area contributed by atoms with Crippen LogP contribution in [-0.2, 0) is 6.61 Å². The molecule has 0 saturated carbocycles. The first kappa shape index (κ1) is 13.9. The number of imidazole rings is 1. The fourth-order valence-electron chi connectivity index (χ4n) is 2.02. The molecule has 0 spiro atoms. The number of hydrogen-bond donors (Lipinski definition) is 1. The number of carbonyl (C=O) groups is 1. The highest BCUT2D eigenvalue weighted by Crippen LogP contribution is 2.21. The fourth-order valence-corrected chi connectivity index (χ4v) is 2.71. The summed E-state index contributed by atoms with van der Waals surface area (Å²) in [7, 11) is 0. The van der Waals surface area contributed by atoms with Crippen LogP contribution in [0.3, 0.4) is 0 Å². The van der Waals surface area contributed by atoms with Gasteiger partial charge in [-0.1, -0.05) is 18.2 Å². The van der Waals surface area contributed by atoms with Crippen molar-refractivity contribution < 1.29 is 14.6 Å². The summed E-state index contributed by atoms with van der Waals surface area (Å²) in [5.74, 6) is -0.659. The molecule has 0 bridgehead atoms. The average molecular weight is 394 g/mol. The van der Waals surface area contributed by atoms with Crippen LogP contribution >= 0.6 is 22.6 Å². The zero-order valence-corrected chi connectivity index (χ0v) is 13.0. The van der Waals surface area contributed by atoms with Crippen molar-refractivity contribution in [3.05, 3.63) is 63.6 Å². The number of para-hydroxylation sites is 1. The first-order valence-electron chi connectivity index (χ1n) is 6.23. The minimum atomic E-state index is -1.00. The summed E-state index contributed by atoms with van der Waals surface area (Å²) >= 11 is 2.20. The van der Waals surface area contributed by atoms with Gasteiger partial charge in [0.2, 0.25) is 0 Å². The summed E-state index contributed by atoms with van der Waals surface area (Å²) in [6, 6.07) is 12.3. The Morgan fingerprint density at radius 3 is 2.76 bits per heavy atom. The third kappa shape index (κ3) is 2.71. The van der Waals surface area contributed by atoms with E-state index < -0.39 is 5.97 Å². The Balaban J connectivity index is 1.87. The Hall–Kier alpha value is -2.09. The summed E-state index contributed by atoms with van der Waals surface area (Å²) in [4.78, 5) is 15.6. The number of benzene rings is 1. The van der Waals surface area contributed by atoms with Crippen LogP contribution in [0.2, 0.25) is 0 Å². The van der Waals surface area contributed by atoms with Gasteiger partial charge in [0.05, 0.1) is 0 Å². The highest BCUT2D eigenvalue weighted by molar-refractivity contribution is 14.1. The highest BCUT2D eigenvalue weighted by Gasteiger charge is 2.13. The topological polar surface area (TPSA) is 63.8 Å². The second-order valence-corrected chi connectivity index (χ2v) is 5.39. The fraction of sp³-hybridized carbons (Fsp3) is 0.0667. The molecule has 0 radical (unpaired) electrons. The summed E-state index contributed by atoms with van der Waals surface area (Å²) in [5, 5.41) is 9.13. The lowest BCUT2D eigenvalue weighted by molar-refractivity contribution is 0.0691. The van der Waals surface area contributed by atoms with Gasteiger partial charge in [0.1, 0.15) is 33.0 Å². The van der Waals surface area contributed by atoms with E-state index in [4.69, 9.17) is 9.84 Å². The van der Waals surface area contributed by atoms with Crippen molar-refractivity contribution in [3.63, 3.8) is 0 Å². The molecule has 0 unspecified atom stereocenters. The second-order valence-electron chi connectivity index (χ2n) is 4.37. The molecule has 0 aliphatic rings. The van der Waals surface area contributed by atoms with Crippen LogP contribution in [0.1, 0.15) is 16.1 Å². The molecule has 3 rings (SSSR count). The van der Waals surface area contributed by atoms with Crippen molar-refractivity contribution in [2.24, 2.45) is 0 Å². The van der Waals surface area contributed by atoms with Gasteiger partial charge >= 0.3 is 5.97 Å². The Labute approximate surface area is 134 Å². The molecule has 2 heterocycles. The number of carboxylic acids is 1. The number of hydrogen-bond acceptors (Lipinski definition) is 3. The molecule has 3 aromatic rings. The highest BCUT2D eigenvalue weighted by atomic mass is 127. The summed E-state index contributed by atoms with van der Waals surface area (Å²) in [6.07, 6.45) is 1.93. The first-order chi connectivity index (χ1) is 10.2. The van der Waals surface area contributed by atoms with Crippen molar-refractivity contribution in [2.75, 3.05) is 0 Å². The zero-order valence-electron chi connectivity index (χ0n) is 10.9. The van der Waals surface area contributed by atoms with Gasteiger partial charge in [-0.3, -0.25) is 4.40 Å². The number of fused-ring (bicyclic) bond motifs is 1. The van der Waals surface area contributed by atoms with Crippen molar-refractivity contribution >= 4 is 34.2 Å². The molecule has 1 N–H and O–H groups in total. The van der Waals surface area contributed by atoms with Crippen LogP contribution in [0.4, 0.5) is 0 Å². The number of rotatable bonds is 4. The molecule has 2 aromatic heterocycles. The minimum absolute atomic E-state index is 0.149. The van der Waals surface area contributed by atoms with E-state index in [2.05, 4.69) is 27.6 Å². The van der Waals surface area contributed by atoms with Gasteiger partial charge in [0.25, 0.3) is 0 Å². The van der Waals surface area contributed by atoms with Crippen LogP contribution < -0.4 is 4.74 Å². The van der Waals surface area contributed by atoms with E-state index >= 15 is 0 Å². The van der Waals surface area contributed by atoms with E-state index in [1.807, 2.05) is 28.8 Å². The second kappa shape index (κ2) is 5.72. The normalized spacial score (nSPS) is 10.7. The van der Waals surface area contributed by atoms with E-state index in [0.29, 0.717) is 5.75 Å². The summed E-state index contributed by atoms with van der Waals surface area (Å²) in [6.45, 7) is 0.226. The molecule has 0 aliphatic carbocycles. The molecule has 0 atom stereocenters. The van der Waals surface area contributed by atoms with Crippen molar-refractivity contribution in [2.45, 2.75) is 6.61 Å². The van der Waals surface area contributed by atoms with Crippen molar-refractivity contribution in [1.29, 1.82) is 0 Å². The van der Waals surface area contributed by atoms with Gasteiger partial charge in [-0.25, -0.2) is 9.78 Å². The molecule has 21 heavy (non-hydrogen) atoms. The molecule has 1 aromatic carbocycles. The quantitative estimate of drug-likeness (QED) is 0.691. The lowest BCUT2D eigenvalue weighted by atomic mass is 10.2. The maximum absolute atomic E-state index is 11.1. The Bertz CT molecular complexity index is 814. The number of halogens is 1. The molecule has 106 valence electrons. The maximum Gasteiger partial charge on any atom is 0.339 e. The summed E-state index contributed by atoms with van der Waals surface area (Å²) in [5.41, 5.74) is 1.77.